The molecule has 0 radical (unpaired) electrons. The zero-order valence-corrected chi connectivity index (χ0v) is 10.1. The van der Waals surface area contributed by atoms with Gasteiger partial charge < -0.3 is 10.6 Å². The molecule has 1 saturated carbocycles. The summed E-state index contributed by atoms with van der Waals surface area (Å²) in [5, 5.41) is 0. The van der Waals surface area contributed by atoms with Gasteiger partial charge in [-0.25, -0.2) is 0 Å². The summed E-state index contributed by atoms with van der Waals surface area (Å²) in [6, 6.07) is 0.455. The number of likely N-dealkylation sites (tertiary alicyclic amines) is 1. The van der Waals surface area contributed by atoms with Crippen molar-refractivity contribution in [1.29, 1.82) is 0 Å². The van der Waals surface area contributed by atoms with Gasteiger partial charge in [0, 0.05) is 12.6 Å². The molecule has 15 heavy (non-hydrogen) atoms. The summed E-state index contributed by atoms with van der Waals surface area (Å²) in [5.41, 5.74) is 5.91. The van der Waals surface area contributed by atoms with E-state index in [2.05, 4.69) is 11.8 Å². The maximum Gasteiger partial charge on any atom is 0.0180 e. The highest BCUT2D eigenvalue weighted by molar-refractivity contribution is 4.79. The summed E-state index contributed by atoms with van der Waals surface area (Å²) in [4.78, 5) is 2.56. The minimum absolute atomic E-state index is 0.455. The van der Waals surface area contributed by atoms with E-state index in [4.69, 9.17) is 5.73 Å². The van der Waals surface area contributed by atoms with Crippen molar-refractivity contribution in [2.75, 3.05) is 19.6 Å². The lowest BCUT2D eigenvalue weighted by atomic mass is 9.81. The minimum atomic E-state index is 0.455. The normalized spacial score (nSPS) is 38.4. The molecular formula is C13H26N2. The molecule has 1 unspecified atom stereocenters. The van der Waals surface area contributed by atoms with Crippen molar-refractivity contribution < 1.29 is 0 Å². The molecule has 2 rings (SSSR count). The van der Waals surface area contributed by atoms with Crippen LogP contribution in [-0.2, 0) is 0 Å². The van der Waals surface area contributed by atoms with Gasteiger partial charge in [0.05, 0.1) is 0 Å². The Labute approximate surface area is 94.2 Å². The van der Waals surface area contributed by atoms with E-state index in [1.807, 2.05) is 0 Å². The molecule has 1 aliphatic heterocycles. The van der Waals surface area contributed by atoms with Crippen LogP contribution in [0.4, 0.5) is 0 Å². The number of hydrogen-bond acceptors (Lipinski definition) is 2. The first-order chi connectivity index (χ1) is 7.24. The standard InChI is InChI=1S/C13H26N2/c1-11-2-4-12(5-3-11)6-8-15-9-7-13(14)10-15/h11-13H,2-10,14H2,1H3. The topological polar surface area (TPSA) is 29.3 Å². The van der Waals surface area contributed by atoms with Crippen LogP contribution in [-0.4, -0.2) is 30.6 Å². The van der Waals surface area contributed by atoms with Gasteiger partial charge in [-0.05, 0) is 37.8 Å². The summed E-state index contributed by atoms with van der Waals surface area (Å²) in [5.74, 6) is 2.00. The average Bonchev–Trinajstić information content (AvgIpc) is 2.64. The van der Waals surface area contributed by atoms with E-state index in [9.17, 15) is 0 Å². The Morgan fingerprint density at radius 2 is 1.87 bits per heavy atom. The summed E-state index contributed by atoms with van der Waals surface area (Å²) < 4.78 is 0. The second kappa shape index (κ2) is 5.31. The van der Waals surface area contributed by atoms with Crippen molar-refractivity contribution in [3.05, 3.63) is 0 Å². The molecule has 0 spiro atoms. The molecule has 2 N–H and O–H groups in total. The largest absolute Gasteiger partial charge is 0.326 e. The van der Waals surface area contributed by atoms with E-state index in [1.54, 1.807) is 0 Å². The van der Waals surface area contributed by atoms with Gasteiger partial charge in [0.25, 0.3) is 0 Å². The Hall–Kier alpha value is -0.0800. The van der Waals surface area contributed by atoms with Gasteiger partial charge in [-0.1, -0.05) is 32.6 Å². The summed E-state index contributed by atoms with van der Waals surface area (Å²) in [6.45, 7) is 6.08. The first kappa shape index (κ1) is 11.4. The van der Waals surface area contributed by atoms with E-state index in [0.717, 1.165) is 18.4 Å². The van der Waals surface area contributed by atoms with E-state index in [-0.39, 0.29) is 0 Å². The monoisotopic (exact) mass is 210 g/mol. The first-order valence-electron chi connectivity index (χ1n) is 6.72. The van der Waals surface area contributed by atoms with Crippen LogP contribution in [0, 0.1) is 11.8 Å². The fourth-order valence-electron chi connectivity index (χ4n) is 3.05. The molecule has 0 bridgehead atoms. The third kappa shape index (κ3) is 3.46. The Morgan fingerprint density at radius 3 is 2.47 bits per heavy atom. The molecule has 1 atom stereocenters. The quantitative estimate of drug-likeness (QED) is 0.774. The number of rotatable bonds is 3. The van der Waals surface area contributed by atoms with Crippen molar-refractivity contribution in [3.63, 3.8) is 0 Å². The van der Waals surface area contributed by atoms with Crippen LogP contribution in [0.15, 0.2) is 0 Å². The lowest BCUT2D eigenvalue weighted by molar-refractivity contribution is 0.237. The lowest BCUT2D eigenvalue weighted by Crippen LogP contribution is -2.28. The molecule has 0 amide bonds. The highest BCUT2D eigenvalue weighted by Gasteiger charge is 2.22. The Bertz CT molecular complexity index is 185. The number of nitrogens with zero attached hydrogens (tertiary/aromatic N) is 1. The molecule has 1 aliphatic carbocycles. The highest BCUT2D eigenvalue weighted by Crippen LogP contribution is 2.30. The molecule has 0 aromatic carbocycles. The third-order valence-corrected chi connectivity index (χ3v) is 4.30. The molecule has 2 nitrogen and oxygen atoms in total. The van der Waals surface area contributed by atoms with E-state index in [1.165, 1.54) is 51.6 Å². The van der Waals surface area contributed by atoms with Crippen LogP contribution in [0.1, 0.15) is 45.4 Å². The molecule has 2 fully saturated rings. The van der Waals surface area contributed by atoms with Crippen molar-refractivity contribution in [2.45, 2.75) is 51.5 Å². The zero-order valence-electron chi connectivity index (χ0n) is 10.1. The Kier molecular flexibility index (Phi) is 4.04. The Balaban J connectivity index is 1.61. The summed E-state index contributed by atoms with van der Waals surface area (Å²) >= 11 is 0. The van der Waals surface area contributed by atoms with Crippen LogP contribution in [0.3, 0.4) is 0 Å². The SMILES string of the molecule is CC1CCC(CCN2CCC(N)C2)CC1. The van der Waals surface area contributed by atoms with Gasteiger partial charge in [0.1, 0.15) is 0 Å². The summed E-state index contributed by atoms with van der Waals surface area (Å²) in [7, 11) is 0. The second-order valence-electron chi connectivity index (χ2n) is 5.76. The maximum atomic E-state index is 5.91. The number of hydrogen-bond donors (Lipinski definition) is 1. The zero-order chi connectivity index (χ0) is 10.7. The van der Waals surface area contributed by atoms with Gasteiger partial charge >= 0.3 is 0 Å². The van der Waals surface area contributed by atoms with Crippen LogP contribution in [0.5, 0.6) is 0 Å². The molecule has 88 valence electrons. The highest BCUT2D eigenvalue weighted by atomic mass is 15.2. The molecule has 1 saturated heterocycles. The van der Waals surface area contributed by atoms with Crippen LogP contribution >= 0.6 is 0 Å². The van der Waals surface area contributed by atoms with Crippen LogP contribution in [0.2, 0.25) is 0 Å². The maximum absolute atomic E-state index is 5.91. The van der Waals surface area contributed by atoms with Gasteiger partial charge in [-0.15, -0.1) is 0 Å². The predicted octanol–water partition coefficient (Wildman–Crippen LogP) is 2.24. The average molecular weight is 210 g/mol. The van der Waals surface area contributed by atoms with Gasteiger partial charge in [0.2, 0.25) is 0 Å². The van der Waals surface area contributed by atoms with E-state index >= 15 is 0 Å². The third-order valence-electron chi connectivity index (χ3n) is 4.30. The van der Waals surface area contributed by atoms with Crippen molar-refractivity contribution >= 4 is 0 Å². The molecule has 2 aliphatic rings. The van der Waals surface area contributed by atoms with E-state index in [0.29, 0.717) is 6.04 Å². The fourth-order valence-corrected chi connectivity index (χ4v) is 3.05. The second-order valence-corrected chi connectivity index (χ2v) is 5.76. The number of nitrogens with two attached hydrogens (primary N) is 1. The fraction of sp³-hybridized carbons (Fsp3) is 1.00. The lowest BCUT2D eigenvalue weighted by Gasteiger charge is -2.27. The molecular weight excluding hydrogens is 184 g/mol. The minimum Gasteiger partial charge on any atom is -0.326 e. The summed E-state index contributed by atoms with van der Waals surface area (Å²) in [6.07, 6.45) is 8.50. The smallest absolute Gasteiger partial charge is 0.0180 e. The predicted molar refractivity (Wildman–Crippen MR) is 64.8 cm³/mol. The molecule has 0 aromatic heterocycles. The molecule has 0 aromatic rings. The van der Waals surface area contributed by atoms with Gasteiger partial charge in [-0.3, -0.25) is 0 Å². The van der Waals surface area contributed by atoms with Crippen LogP contribution in [0.25, 0.3) is 0 Å². The van der Waals surface area contributed by atoms with Gasteiger partial charge in [0.15, 0.2) is 0 Å². The van der Waals surface area contributed by atoms with E-state index < -0.39 is 0 Å². The molecule has 1 heterocycles. The molecule has 2 heteroatoms. The van der Waals surface area contributed by atoms with Crippen molar-refractivity contribution in [3.8, 4) is 0 Å². The van der Waals surface area contributed by atoms with Crippen molar-refractivity contribution in [2.24, 2.45) is 17.6 Å². The first-order valence-corrected chi connectivity index (χ1v) is 6.72. The Morgan fingerprint density at radius 1 is 1.13 bits per heavy atom. The van der Waals surface area contributed by atoms with Gasteiger partial charge in [-0.2, -0.15) is 0 Å². The van der Waals surface area contributed by atoms with Crippen molar-refractivity contribution in [1.82, 2.24) is 4.90 Å². The van der Waals surface area contributed by atoms with Crippen LogP contribution < -0.4 is 5.73 Å².